The summed E-state index contributed by atoms with van der Waals surface area (Å²) in [6.45, 7) is 5.50. The zero-order chi connectivity index (χ0) is 25.1. The molecule has 10 heteroatoms. The number of nitrogens with zero attached hydrogens (tertiary/aromatic N) is 4. The van der Waals surface area contributed by atoms with Crippen LogP contribution >= 0.6 is 0 Å². The summed E-state index contributed by atoms with van der Waals surface area (Å²) in [4.78, 5) is 27.0. The van der Waals surface area contributed by atoms with Crippen molar-refractivity contribution in [1.29, 1.82) is 0 Å². The van der Waals surface area contributed by atoms with Crippen LogP contribution < -0.4 is 5.32 Å². The second-order valence-electron chi connectivity index (χ2n) is 10.1. The Hall–Kier alpha value is -2.75. The topological polar surface area (TPSA) is 61.4 Å². The zero-order valence-corrected chi connectivity index (χ0v) is 20.0. The smallest absolute Gasteiger partial charge is 0.363 e. The van der Waals surface area contributed by atoms with Crippen molar-refractivity contribution in [2.24, 2.45) is 0 Å². The van der Waals surface area contributed by atoms with Gasteiger partial charge in [0.2, 0.25) is 5.91 Å². The molecular formula is C25H29F4N5O. The number of nitrogens with one attached hydrogen (secondary N) is 1. The van der Waals surface area contributed by atoms with Crippen LogP contribution in [0, 0.1) is 12.7 Å². The molecule has 1 amide bonds. The minimum absolute atomic E-state index is 0.0926. The van der Waals surface area contributed by atoms with Gasteiger partial charge in [-0.25, -0.2) is 14.4 Å². The van der Waals surface area contributed by atoms with Gasteiger partial charge in [0.15, 0.2) is 0 Å². The van der Waals surface area contributed by atoms with Gasteiger partial charge in [0, 0.05) is 17.2 Å². The summed E-state index contributed by atoms with van der Waals surface area (Å²) in [6, 6.07) is 2.64. The quantitative estimate of drug-likeness (QED) is 0.635. The molecule has 1 saturated carbocycles. The van der Waals surface area contributed by atoms with Crippen molar-refractivity contribution >= 4 is 11.7 Å². The van der Waals surface area contributed by atoms with E-state index in [9.17, 15) is 22.4 Å². The van der Waals surface area contributed by atoms with Gasteiger partial charge in [-0.2, -0.15) is 13.2 Å². The van der Waals surface area contributed by atoms with Crippen LogP contribution in [0.4, 0.5) is 23.4 Å². The Morgan fingerprint density at radius 2 is 1.86 bits per heavy atom. The fourth-order valence-corrected chi connectivity index (χ4v) is 5.44. The number of piperidine rings is 1. The van der Waals surface area contributed by atoms with Gasteiger partial charge < -0.3 is 15.1 Å². The molecule has 2 aromatic rings. The summed E-state index contributed by atoms with van der Waals surface area (Å²) in [5.41, 5.74) is -0.541. The van der Waals surface area contributed by atoms with Crippen LogP contribution in [-0.4, -0.2) is 51.9 Å². The SMILES string of the molecule is Cc1nc(N[C@H](C)c2cccc(C(F)(F)F)c2F)c2c(n1)C1(CC1)C(=O)N(C1CCN(C)CC1)C2. The second kappa shape index (κ2) is 8.43. The lowest BCUT2D eigenvalue weighted by Crippen LogP contribution is -2.52. The molecule has 6 nitrogen and oxygen atoms in total. The standard InChI is InChI=1S/C25H29F4N5O/c1-14(17-5-4-6-19(20(17)26)25(27,28)29)30-22-18-13-34(16-7-11-33(3)12-8-16)23(35)24(9-10-24)21(18)31-15(2)32-22/h4-6,14,16H,7-13H2,1-3H3,(H,30,31,32)/t14-/m1/s1. The summed E-state index contributed by atoms with van der Waals surface area (Å²) in [5.74, 6) is -0.259. The summed E-state index contributed by atoms with van der Waals surface area (Å²) >= 11 is 0. The highest BCUT2D eigenvalue weighted by Crippen LogP contribution is 2.54. The Morgan fingerprint density at radius 3 is 2.49 bits per heavy atom. The fraction of sp³-hybridized carbons (Fsp3) is 0.560. The van der Waals surface area contributed by atoms with Crippen molar-refractivity contribution in [2.45, 2.75) is 69.8 Å². The largest absolute Gasteiger partial charge is 0.419 e. The van der Waals surface area contributed by atoms with Crippen LogP contribution in [-0.2, 0) is 22.9 Å². The van der Waals surface area contributed by atoms with Crippen molar-refractivity contribution in [3.63, 3.8) is 0 Å². The molecule has 1 spiro atoms. The first-order valence-electron chi connectivity index (χ1n) is 12.0. The Balaban J connectivity index is 1.50. The molecule has 0 bridgehead atoms. The highest BCUT2D eigenvalue weighted by Gasteiger charge is 2.59. The predicted octanol–water partition coefficient (Wildman–Crippen LogP) is 4.58. The number of halogens is 4. The molecule has 1 aromatic heterocycles. The summed E-state index contributed by atoms with van der Waals surface area (Å²) in [5, 5.41) is 3.15. The molecule has 3 aliphatic rings. The predicted molar refractivity (Wildman–Crippen MR) is 122 cm³/mol. The normalized spacial score (nSPS) is 21.2. The molecule has 0 unspecified atom stereocenters. The van der Waals surface area contributed by atoms with Crippen LogP contribution in [0.2, 0.25) is 0 Å². The first-order valence-corrected chi connectivity index (χ1v) is 12.0. The van der Waals surface area contributed by atoms with E-state index in [4.69, 9.17) is 0 Å². The van der Waals surface area contributed by atoms with Gasteiger partial charge in [0.25, 0.3) is 0 Å². The lowest BCUT2D eigenvalue weighted by molar-refractivity contribution is -0.140. The number of alkyl halides is 3. The van der Waals surface area contributed by atoms with E-state index in [0.717, 1.165) is 50.4 Å². The second-order valence-corrected chi connectivity index (χ2v) is 10.1. The van der Waals surface area contributed by atoms with Gasteiger partial charge in [0.1, 0.15) is 17.5 Å². The minimum atomic E-state index is -4.78. The van der Waals surface area contributed by atoms with Gasteiger partial charge in [-0.3, -0.25) is 4.79 Å². The van der Waals surface area contributed by atoms with Crippen molar-refractivity contribution < 1.29 is 22.4 Å². The van der Waals surface area contributed by atoms with Gasteiger partial charge >= 0.3 is 6.18 Å². The number of aryl methyl sites for hydroxylation is 1. The molecule has 1 aliphatic carbocycles. The summed E-state index contributed by atoms with van der Waals surface area (Å²) in [6.07, 6.45) is -1.58. The Morgan fingerprint density at radius 1 is 1.17 bits per heavy atom. The molecule has 1 aromatic carbocycles. The van der Waals surface area contributed by atoms with E-state index in [1.807, 2.05) is 4.90 Å². The summed E-state index contributed by atoms with van der Waals surface area (Å²) < 4.78 is 54.6. The van der Waals surface area contributed by atoms with E-state index >= 15 is 0 Å². The lowest BCUT2D eigenvalue weighted by Gasteiger charge is -2.42. The average Bonchev–Trinajstić information content (AvgIpc) is 3.59. The number of benzene rings is 1. The summed E-state index contributed by atoms with van der Waals surface area (Å²) in [7, 11) is 2.07. The van der Waals surface area contributed by atoms with Crippen molar-refractivity contribution in [3.05, 3.63) is 52.2 Å². The third-order valence-corrected chi connectivity index (χ3v) is 7.60. The van der Waals surface area contributed by atoms with Crippen LogP contribution in [0.3, 0.4) is 0 Å². The Labute approximate surface area is 201 Å². The lowest BCUT2D eigenvalue weighted by atomic mass is 9.88. The van der Waals surface area contributed by atoms with Crippen molar-refractivity contribution in [1.82, 2.24) is 19.8 Å². The maximum atomic E-state index is 14.8. The molecule has 188 valence electrons. The number of rotatable bonds is 4. The van der Waals surface area contributed by atoms with Crippen LogP contribution in [0.25, 0.3) is 0 Å². The van der Waals surface area contributed by atoms with E-state index in [-0.39, 0.29) is 17.5 Å². The van der Waals surface area contributed by atoms with Gasteiger partial charge in [-0.1, -0.05) is 12.1 Å². The van der Waals surface area contributed by atoms with Crippen molar-refractivity contribution in [3.8, 4) is 0 Å². The van der Waals surface area contributed by atoms with Gasteiger partial charge in [-0.15, -0.1) is 0 Å². The monoisotopic (exact) mass is 491 g/mol. The van der Waals surface area contributed by atoms with Crippen molar-refractivity contribution in [2.75, 3.05) is 25.5 Å². The van der Waals surface area contributed by atoms with Crippen LogP contribution in [0.1, 0.15) is 66.9 Å². The number of carbonyl (C=O) groups excluding carboxylic acids is 1. The average molecular weight is 492 g/mol. The molecule has 1 N–H and O–H groups in total. The number of hydrogen-bond donors (Lipinski definition) is 1. The Bertz CT molecular complexity index is 1160. The van der Waals surface area contributed by atoms with Crippen LogP contribution in [0.5, 0.6) is 0 Å². The third kappa shape index (κ3) is 4.15. The highest BCUT2D eigenvalue weighted by molar-refractivity contribution is 5.93. The number of carbonyl (C=O) groups is 1. The number of aromatic nitrogens is 2. The first-order chi connectivity index (χ1) is 16.5. The molecule has 1 saturated heterocycles. The number of anilines is 1. The van der Waals surface area contributed by atoms with E-state index in [1.165, 1.54) is 12.1 Å². The maximum Gasteiger partial charge on any atom is 0.419 e. The minimum Gasteiger partial charge on any atom is -0.363 e. The molecular weight excluding hydrogens is 462 g/mol. The third-order valence-electron chi connectivity index (χ3n) is 7.60. The zero-order valence-electron chi connectivity index (χ0n) is 20.0. The fourth-order valence-electron chi connectivity index (χ4n) is 5.44. The number of hydrogen-bond acceptors (Lipinski definition) is 5. The molecule has 35 heavy (non-hydrogen) atoms. The number of likely N-dealkylation sites (tertiary alicyclic amines) is 1. The van der Waals surface area contributed by atoms with Crippen LogP contribution in [0.15, 0.2) is 18.2 Å². The van der Waals surface area contributed by atoms with Gasteiger partial charge in [0.05, 0.1) is 29.3 Å². The number of fused-ring (bicyclic) bond motifs is 2. The highest BCUT2D eigenvalue weighted by atomic mass is 19.4. The molecule has 0 radical (unpaired) electrons. The number of amides is 1. The molecule has 1 atom stereocenters. The molecule has 3 heterocycles. The first kappa shape index (κ1) is 24.0. The van der Waals surface area contributed by atoms with E-state index in [0.29, 0.717) is 23.9 Å². The van der Waals surface area contributed by atoms with E-state index in [2.05, 4.69) is 27.2 Å². The molecule has 5 rings (SSSR count). The molecule has 2 fully saturated rings. The maximum absolute atomic E-state index is 14.8. The molecule has 2 aliphatic heterocycles. The van der Waals surface area contributed by atoms with E-state index < -0.39 is 29.0 Å². The van der Waals surface area contributed by atoms with Gasteiger partial charge in [-0.05, 0) is 65.7 Å². The van der Waals surface area contributed by atoms with E-state index in [1.54, 1.807) is 13.8 Å². The Kier molecular flexibility index (Phi) is 5.77.